The Morgan fingerprint density at radius 2 is 1.38 bits per heavy atom. The van der Waals surface area contributed by atoms with Crippen LogP contribution in [0, 0.1) is 6.92 Å². The third-order valence-electron chi connectivity index (χ3n) is 5.72. The Morgan fingerprint density at radius 3 is 1.94 bits per heavy atom. The maximum absolute atomic E-state index is 13.6. The Hall–Kier alpha value is -4.19. The van der Waals surface area contributed by atoms with Crippen LogP contribution in [0.4, 0.5) is 17.1 Å². The molecule has 4 rings (SSSR count). The fourth-order valence-electron chi connectivity index (χ4n) is 3.86. The number of imide groups is 1. The molecule has 1 aliphatic heterocycles. The van der Waals surface area contributed by atoms with E-state index in [1.54, 1.807) is 24.3 Å². The summed E-state index contributed by atoms with van der Waals surface area (Å²) < 4.78 is 0. The van der Waals surface area contributed by atoms with Crippen molar-refractivity contribution in [2.45, 2.75) is 33.6 Å². The highest BCUT2D eigenvalue weighted by molar-refractivity contribution is 6.46. The number of carbonyl (C=O) groups is 3. The minimum Gasteiger partial charge on any atom is -0.350 e. The van der Waals surface area contributed by atoms with Gasteiger partial charge in [-0.3, -0.25) is 14.4 Å². The standard InChI is InChI=1S/C28H27N3O3/c1-17(2)20-9-15-24(16-10-20)31-27(33)25(21-7-5-18(3)6-8-21)26(28(31)34)30-23-13-11-22(12-14-23)29-19(4)32/h5-17,30H,1-4H3,(H,29,32). The van der Waals surface area contributed by atoms with E-state index in [2.05, 4.69) is 24.5 Å². The van der Waals surface area contributed by atoms with Crippen molar-refractivity contribution in [3.63, 3.8) is 0 Å². The number of nitrogens with zero attached hydrogens (tertiary/aromatic N) is 1. The molecule has 0 aromatic heterocycles. The molecule has 0 saturated heterocycles. The highest BCUT2D eigenvalue weighted by Gasteiger charge is 2.40. The van der Waals surface area contributed by atoms with E-state index in [1.165, 1.54) is 11.8 Å². The largest absolute Gasteiger partial charge is 0.350 e. The molecule has 0 unspecified atom stereocenters. The summed E-state index contributed by atoms with van der Waals surface area (Å²) in [7, 11) is 0. The summed E-state index contributed by atoms with van der Waals surface area (Å²) in [6, 6.07) is 22.0. The van der Waals surface area contributed by atoms with Crippen LogP contribution in [0.1, 0.15) is 43.4 Å². The van der Waals surface area contributed by atoms with Crippen LogP contribution in [0.2, 0.25) is 0 Å². The zero-order valence-electron chi connectivity index (χ0n) is 19.7. The summed E-state index contributed by atoms with van der Waals surface area (Å²) in [5.41, 5.74) is 5.21. The van der Waals surface area contributed by atoms with Crippen molar-refractivity contribution in [3.8, 4) is 0 Å². The predicted octanol–water partition coefficient (Wildman–Crippen LogP) is 5.47. The van der Waals surface area contributed by atoms with Crippen LogP contribution in [-0.4, -0.2) is 17.7 Å². The second-order valence-electron chi connectivity index (χ2n) is 8.69. The van der Waals surface area contributed by atoms with Gasteiger partial charge in [0.1, 0.15) is 5.70 Å². The highest BCUT2D eigenvalue weighted by atomic mass is 16.2. The molecular weight excluding hydrogens is 426 g/mol. The van der Waals surface area contributed by atoms with E-state index < -0.39 is 5.91 Å². The maximum atomic E-state index is 13.6. The minimum atomic E-state index is -0.413. The van der Waals surface area contributed by atoms with Gasteiger partial charge in [-0.1, -0.05) is 55.8 Å². The summed E-state index contributed by atoms with van der Waals surface area (Å²) in [5, 5.41) is 5.86. The molecule has 0 atom stereocenters. The number of rotatable bonds is 6. The number of amides is 3. The lowest BCUT2D eigenvalue weighted by atomic mass is 10.0. The van der Waals surface area contributed by atoms with Gasteiger partial charge in [0.05, 0.1) is 11.3 Å². The molecule has 1 heterocycles. The van der Waals surface area contributed by atoms with E-state index in [-0.39, 0.29) is 17.5 Å². The van der Waals surface area contributed by atoms with Crippen LogP contribution in [0.15, 0.2) is 78.5 Å². The van der Waals surface area contributed by atoms with Crippen molar-refractivity contribution < 1.29 is 14.4 Å². The molecule has 34 heavy (non-hydrogen) atoms. The number of anilines is 3. The molecule has 6 heteroatoms. The number of aryl methyl sites for hydroxylation is 1. The normalized spacial score (nSPS) is 13.6. The lowest BCUT2D eigenvalue weighted by molar-refractivity contribution is -0.120. The topological polar surface area (TPSA) is 78.5 Å². The Labute approximate surface area is 199 Å². The van der Waals surface area contributed by atoms with E-state index in [0.29, 0.717) is 34.1 Å². The fraction of sp³-hybridized carbons (Fsp3) is 0.179. The molecule has 0 fully saturated rings. The van der Waals surface area contributed by atoms with Gasteiger partial charge in [0.25, 0.3) is 11.8 Å². The van der Waals surface area contributed by atoms with Crippen LogP contribution < -0.4 is 15.5 Å². The van der Waals surface area contributed by atoms with Gasteiger partial charge in [0.15, 0.2) is 0 Å². The molecule has 0 saturated carbocycles. The summed E-state index contributed by atoms with van der Waals surface area (Å²) in [6.07, 6.45) is 0. The molecule has 172 valence electrons. The lowest BCUT2D eigenvalue weighted by Crippen LogP contribution is -2.32. The van der Waals surface area contributed by atoms with Crippen LogP contribution in [0.3, 0.4) is 0 Å². The molecule has 2 N–H and O–H groups in total. The summed E-state index contributed by atoms with van der Waals surface area (Å²) in [5.74, 6) is -0.605. The quantitative estimate of drug-likeness (QED) is 0.485. The maximum Gasteiger partial charge on any atom is 0.282 e. The Bertz CT molecular complexity index is 1270. The fourth-order valence-corrected chi connectivity index (χ4v) is 3.86. The monoisotopic (exact) mass is 453 g/mol. The molecule has 6 nitrogen and oxygen atoms in total. The van der Waals surface area contributed by atoms with Crippen molar-refractivity contribution in [3.05, 3.63) is 95.2 Å². The van der Waals surface area contributed by atoms with Crippen LogP contribution in [0.5, 0.6) is 0 Å². The van der Waals surface area contributed by atoms with Crippen molar-refractivity contribution in [2.75, 3.05) is 15.5 Å². The van der Waals surface area contributed by atoms with Gasteiger partial charge in [-0.2, -0.15) is 0 Å². The summed E-state index contributed by atoms with van der Waals surface area (Å²) in [6.45, 7) is 7.60. The number of carbonyl (C=O) groups excluding carboxylic acids is 3. The lowest BCUT2D eigenvalue weighted by Gasteiger charge is -2.16. The molecule has 3 aromatic carbocycles. The second-order valence-corrected chi connectivity index (χ2v) is 8.69. The van der Waals surface area contributed by atoms with Crippen molar-refractivity contribution in [2.24, 2.45) is 0 Å². The average molecular weight is 454 g/mol. The van der Waals surface area contributed by atoms with Crippen molar-refractivity contribution in [1.29, 1.82) is 0 Å². The molecule has 3 aromatic rings. The zero-order chi connectivity index (χ0) is 24.4. The number of hydrogen-bond acceptors (Lipinski definition) is 4. The molecule has 0 spiro atoms. The van der Waals surface area contributed by atoms with E-state index in [1.807, 2.05) is 55.5 Å². The van der Waals surface area contributed by atoms with E-state index >= 15 is 0 Å². The predicted molar refractivity (Wildman–Crippen MR) is 135 cm³/mol. The van der Waals surface area contributed by atoms with Crippen molar-refractivity contribution >= 4 is 40.4 Å². The van der Waals surface area contributed by atoms with Gasteiger partial charge in [-0.25, -0.2) is 4.90 Å². The van der Waals surface area contributed by atoms with E-state index in [0.717, 1.165) is 11.1 Å². The summed E-state index contributed by atoms with van der Waals surface area (Å²) in [4.78, 5) is 39.6. The minimum absolute atomic E-state index is 0.166. The molecular formula is C28H27N3O3. The van der Waals surface area contributed by atoms with Crippen LogP contribution in [-0.2, 0) is 14.4 Å². The molecule has 1 aliphatic rings. The smallest absolute Gasteiger partial charge is 0.282 e. The van der Waals surface area contributed by atoms with Gasteiger partial charge < -0.3 is 10.6 Å². The molecule has 0 radical (unpaired) electrons. The third kappa shape index (κ3) is 4.62. The first-order valence-corrected chi connectivity index (χ1v) is 11.2. The van der Waals surface area contributed by atoms with Gasteiger partial charge in [0.2, 0.25) is 5.91 Å². The van der Waals surface area contributed by atoms with E-state index in [4.69, 9.17) is 0 Å². The third-order valence-corrected chi connectivity index (χ3v) is 5.72. The Balaban J connectivity index is 1.72. The highest BCUT2D eigenvalue weighted by Crippen LogP contribution is 2.34. The van der Waals surface area contributed by atoms with Gasteiger partial charge >= 0.3 is 0 Å². The average Bonchev–Trinajstić information content (AvgIpc) is 3.04. The number of hydrogen-bond donors (Lipinski definition) is 2. The first kappa shape index (κ1) is 23.0. The second kappa shape index (κ2) is 9.35. The number of benzene rings is 3. The Morgan fingerprint density at radius 1 is 0.794 bits per heavy atom. The zero-order valence-corrected chi connectivity index (χ0v) is 19.7. The van der Waals surface area contributed by atoms with Gasteiger partial charge in [0, 0.05) is 18.3 Å². The molecule has 3 amide bonds. The molecule has 0 aliphatic carbocycles. The van der Waals surface area contributed by atoms with Crippen molar-refractivity contribution in [1.82, 2.24) is 0 Å². The number of nitrogens with one attached hydrogen (secondary N) is 2. The SMILES string of the molecule is CC(=O)Nc1ccc(NC2=C(c3ccc(C)cc3)C(=O)N(c3ccc(C(C)C)cc3)C2=O)cc1. The molecule has 0 bridgehead atoms. The first-order chi connectivity index (χ1) is 16.2. The van der Waals surface area contributed by atoms with Crippen LogP contribution >= 0.6 is 0 Å². The first-order valence-electron chi connectivity index (χ1n) is 11.2. The van der Waals surface area contributed by atoms with Crippen LogP contribution in [0.25, 0.3) is 5.57 Å². The van der Waals surface area contributed by atoms with E-state index in [9.17, 15) is 14.4 Å². The summed E-state index contributed by atoms with van der Waals surface area (Å²) >= 11 is 0. The Kier molecular flexibility index (Phi) is 6.32. The van der Waals surface area contributed by atoms with Gasteiger partial charge in [-0.05, 0) is 60.4 Å². The van der Waals surface area contributed by atoms with Gasteiger partial charge in [-0.15, -0.1) is 0 Å².